The molecule has 1 rings (SSSR count). The largest absolute Gasteiger partial charge is 0.383 e. The van der Waals surface area contributed by atoms with Crippen molar-refractivity contribution in [2.75, 3.05) is 11.3 Å². The van der Waals surface area contributed by atoms with Crippen molar-refractivity contribution in [3.8, 4) is 0 Å². The van der Waals surface area contributed by atoms with E-state index in [9.17, 15) is 9.00 Å². The number of hydrogen-bond acceptors (Lipinski definition) is 3. The molecule has 14 heavy (non-hydrogen) atoms. The Morgan fingerprint density at radius 1 is 1.43 bits per heavy atom. The van der Waals surface area contributed by atoms with Gasteiger partial charge in [0.1, 0.15) is 5.94 Å². The van der Waals surface area contributed by atoms with Gasteiger partial charge in [-0.25, -0.2) is 0 Å². The first kappa shape index (κ1) is 10.9. The number of aliphatic hydroxyl groups is 1. The molecule has 5 heteroatoms. The van der Waals surface area contributed by atoms with Crippen LogP contribution in [0.15, 0.2) is 29.2 Å². The zero-order chi connectivity index (χ0) is 10.6. The molecule has 0 heterocycles. The van der Waals surface area contributed by atoms with Gasteiger partial charge in [-0.15, -0.1) is 0 Å². The molecule has 0 aromatic heterocycles. The number of hydrogen-bond donors (Lipinski definition) is 2. The van der Waals surface area contributed by atoms with Crippen LogP contribution >= 0.6 is 0 Å². The summed E-state index contributed by atoms with van der Waals surface area (Å²) < 4.78 is 11.1. The Kier molecular flexibility index (Phi) is 3.79. The summed E-state index contributed by atoms with van der Waals surface area (Å²) in [4.78, 5) is 11.2. The highest BCUT2D eigenvalue weighted by atomic mass is 32.2. The van der Waals surface area contributed by atoms with Crippen LogP contribution in [-0.4, -0.2) is 21.2 Å². The third-order valence-electron chi connectivity index (χ3n) is 1.55. The van der Waals surface area contributed by atoms with Crippen molar-refractivity contribution in [3.05, 3.63) is 24.3 Å². The first-order valence-electron chi connectivity index (χ1n) is 4.00. The Morgan fingerprint density at radius 2 is 2.00 bits per heavy atom. The lowest BCUT2D eigenvalue weighted by Crippen LogP contribution is -2.05. The van der Waals surface area contributed by atoms with Gasteiger partial charge in [-0.3, -0.25) is 9.00 Å². The Hall–Kier alpha value is -1.20. The van der Waals surface area contributed by atoms with Crippen molar-refractivity contribution >= 4 is 22.4 Å². The van der Waals surface area contributed by atoms with E-state index in [2.05, 4.69) is 5.32 Å². The van der Waals surface area contributed by atoms with E-state index >= 15 is 0 Å². The van der Waals surface area contributed by atoms with E-state index in [1.54, 1.807) is 24.3 Å². The van der Waals surface area contributed by atoms with Crippen LogP contribution in [0.3, 0.4) is 0 Å². The molecule has 1 amide bonds. The highest BCUT2D eigenvalue weighted by Crippen LogP contribution is 2.12. The number of rotatable bonds is 3. The topological polar surface area (TPSA) is 66.4 Å². The molecule has 0 saturated heterocycles. The van der Waals surface area contributed by atoms with Gasteiger partial charge in [0.15, 0.2) is 0 Å². The summed E-state index contributed by atoms with van der Waals surface area (Å²) in [6.07, 6.45) is 0. The zero-order valence-electron chi connectivity index (χ0n) is 7.69. The van der Waals surface area contributed by atoms with E-state index in [1.165, 1.54) is 6.92 Å². The summed E-state index contributed by atoms with van der Waals surface area (Å²) in [6.45, 7) is 1.42. The molecular formula is C9H11NO3S. The average molecular weight is 213 g/mol. The van der Waals surface area contributed by atoms with Gasteiger partial charge in [0.05, 0.1) is 10.8 Å². The average Bonchev–Trinajstić information content (AvgIpc) is 2.17. The molecule has 0 saturated carbocycles. The molecule has 0 bridgehead atoms. The number of anilines is 1. The lowest BCUT2D eigenvalue weighted by atomic mass is 10.3. The van der Waals surface area contributed by atoms with Crippen molar-refractivity contribution in [2.45, 2.75) is 11.8 Å². The Balaban J connectivity index is 2.78. The molecule has 0 aliphatic heterocycles. The van der Waals surface area contributed by atoms with Crippen molar-refractivity contribution in [3.63, 3.8) is 0 Å². The fourth-order valence-corrected chi connectivity index (χ4v) is 1.56. The summed E-state index contributed by atoms with van der Waals surface area (Å²) in [7, 11) is -1.37. The van der Waals surface area contributed by atoms with Gasteiger partial charge in [-0.1, -0.05) is 0 Å². The summed E-state index contributed by atoms with van der Waals surface area (Å²) in [6, 6.07) is 6.50. The minimum atomic E-state index is -1.37. The van der Waals surface area contributed by atoms with Crippen molar-refractivity contribution < 1.29 is 14.1 Å². The van der Waals surface area contributed by atoms with E-state index in [1.807, 2.05) is 0 Å². The van der Waals surface area contributed by atoms with E-state index in [4.69, 9.17) is 5.11 Å². The van der Waals surface area contributed by atoms with Crippen molar-refractivity contribution in [2.24, 2.45) is 0 Å². The van der Waals surface area contributed by atoms with Crippen LogP contribution in [0.2, 0.25) is 0 Å². The molecule has 1 aromatic rings. The number of carbonyl (C=O) groups excluding carboxylic acids is 1. The Bertz CT molecular complexity index is 348. The number of amides is 1. The Labute approximate surface area is 84.4 Å². The smallest absolute Gasteiger partial charge is 0.221 e. The third-order valence-corrected chi connectivity index (χ3v) is 2.59. The fraction of sp³-hybridized carbons (Fsp3) is 0.222. The molecular weight excluding hydrogens is 202 g/mol. The predicted octanol–water partition coefficient (Wildman–Crippen LogP) is 0.702. The van der Waals surface area contributed by atoms with Crippen LogP contribution < -0.4 is 5.32 Å². The first-order chi connectivity index (χ1) is 6.63. The molecule has 1 atom stereocenters. The second-order valence-corrected chi connectivity index (χ2v) is 4.10. The van der Waals surface area contributed by atoms with Crippen LogP contribution in [0.5, 0.6) is 0 Å². The minimum Gasteiger partial charge on any atom is -0.383 e. The van der Waals surface area contributed by atoms with Crippen LogP contribution in [0.25, 0.3) is 0 Å². The van der Waals surface area contributed by atoms with Gasteiger partial charge in [-0.2, -0.15) is 0 Å². The number of carbonyl (C=O) groups is 1. The monoisotopic (exact) mass is 213 g/mol. The third kappa shape index (κ3) is 2.93. The molecule has 0 radical (unpaired) electrons. The molecule has 0 aliphatic rings. The van der Waals surface area contributed by atoms with Gasteiger partial charge >= 0.3 is 0 Å². The van der Waals surface area contributed by atoms with E-state index in [0.29, 0.717) is 10.6 Å². The minimum absolute atomic E-state index is 0.152. The van der Waals surface area contributed by atoms with Crippen LogP contribution in [-0.2, 0) is 15.6 Å². The van der Waals surface area contributed by atoms with Crippen LogP contribution in [0.1, 0.15) is 6.92 Å². The number of nitrogens with one attached hydrogen (secondary N) is 1. The second-order valence-electron chi connectivity index (χ2n) is 2.68. The molecule has 1 aromatic carbocycles. The molecule has 1 unspecified atom stereocenters. The SMILES string of the molecule is CC(=O)Nc1ccc(S(=O)CO)cc1. The normalized spacial score (nSPS) is 12.1. The highest BCUT2D eigenvalue weighted by Gasteiger charge is 2.01. The summed E-state index contributed by atoms with van der Waals surface area (Å²) in [5, 5.41) is 11.2. The maximum atomic E-state index is 11.1. The summed E-state index contributed by atoms with van der Waals surface area (Å²) >= 11 is 0. The van der Waals surface area contributed by atoms with Gasteiger partial charge in [0, 0.05) is 17.5 Å². The summed E-state index contributed by atoms with van der Waals surface area (Å²) in [5.41, 5.74) is 0.649. The lowest BCUT2D eigenvalue weighted by molar-refractivity contribution is -0.114. The molecule has 0 fully saturated rings. The lowest BCUT2D eigenvalue weighted by Gasteiger charge is -2.02. The van der Waals surface area contributed by atoms with Crippen LogP contribution in [0, 0.1) is 0 Å². The maximum Gasteiger partial charge on any atom is 0.221 e. The van der Waals surface area contributed by atoms with Gasteiger partial charge in [-0.05, 0) is 24.3 Å². The van der Waals surface area contributed by atoms with Crippen molar-refractivity contribution in [1.29, 1.82) is 0 Å². The predicted molar refractivity (Wildman–Crippen MR) is 54.2 cm³/mol. The fourth-order valence-electron chi connectivity index (χ4n) is 0.968. The molecule has 4 nitrogen and oxygen atoms in total. The standard InChI is InChI=1S/C9H11NO3S/c1-7(12)10-8-2-4-9(5-3-8)14(13)6-11/h2-5,11H,6H2,1H3,(H,10,12). The van der Waals surface area contributed by atoms with E-state index in [-0.39, 0.29) is 11.8 Å². The zero-order valence-corrected chi connectivity index (χ0v) is 8.50. The number of aliphatic hydroxyl groups excluding tert-OH is 1. The molecule has 0 spiro atoms. The van der Waals surface area contributed by atoms with Gasteiger partial charge < -0.3 is 10.4 Å². The van der Waals surface area contributed by atoms with Gasteiger partial charge in [0.2, 0.25) is 5.91 Å². The number of benzene rings is 1. The van der Waals surface area contributed by atoms with E-state index in [0.717, 1.165) is 0 Å². The molecule has 76 valence electrons. The van der Waals surface area contributed by atoms with Crippen LogP contribution in [0.4, 0.5) is 5.69 Å². The molecule has 0 aliphatic carbocycles. The molecule has 2 N–H and O–H groups in total. The van der Waals surface area contributed by atoms with Gasteiger partial charge in [0.25, 0.3) is 0 Å². The maximum absolute atomic E-state index is 11.1. The summed E-state index contributed by atoms with van der Waals surface area (Å²) in [5.74, 6) is -0.541. The van der Waals surface area contributed by atoms with E-state index < -0.39 is 10.8 Å². The second kappa shape index (κ2) is 4.88. The first-order valence-corrected chi connectivity index (χ1v) is 5.32. The highest BCUT2D eigenvalue weighted by molar-refractivity contribution is 7.84. The quantitative estimate of drug-likeness (QED) is 0.776. The van der Waals surface area contributed by atoms with Crippen molar-refractivity contribution in [1.82, 2.24) is 0 Å². The Morgan fingerprint density at radius 3 is 2.43 bits per heavy atom.